The van der Waals surface area contributed by atoms with E-state index in [0.717, 1.165) is 0 Å². The maximum Gasteiger partial charge on any atom is 0.156 e. The van der Waals surface area contributed by atoms with Gasteiger partial charge in [0.1, 0.15) is 0 Å². The van der Waals surface area contributed by atoms with Crippen LogP contribution in [0.3, 0.4) is 0 Å². The maximum absolute atomic E-state index is 11.2. The molecule has 6 unspecified atom stereocenters. The molecule has 2 aliphatic rings. The number of hydrogen-bond donors (Lipinski definition) is 3. The van der Waals surface area contributed by atoms with Crippen molar-refractivity contribution in [3.05, 3.63) is 0 Å². The molecule has 0 aromatic heterocycles. The van der Waals surface area contributed by atoms with Crippen LogP contribution in [0.4, 0.5) is 0 Å². The van der Waals surface area contributed by atoms with Gasteiger partial charge < -0.3 is 14.8 Å². The van der Waals surface area contributed by atoms with E-state index in [1.165, 1.54) is 0 Å². The van der Waals surface area contributed by atoms with E-state index in [1.54, 1.807) is 0 Å². The highest BCUT2D eigenvalue weighted by Gasteiger charge is 2.67. The molecule has 2 fully saturated rings. The molecule has 0 aliphatic heterocycles. The van der Waals surface area contributed by atoms with Crippen LogP contribution in [0, 0.1) is 16.7 Å². The molecular weight excluding hydrogens is 216 g/mol. The van der Waals surface area contributed by atoms with Crippen LogP contribution >= 0.6 is 0 Å². The topological polar surface area (TPSA) is 77.8 Å². The molecule has 0 aromatic carbocycles. The zero-order valence-electron chi connectivity index (χ0n) is 9.01. The third-order valence-electron chi connectivity index (χ3n) is 4.73. The van der Waals surface area contributed by atoms with Crippen LogP contribution in [0.1, 0.15) is 26.7 Å². The molecule has 0 saturated heterocycles. The maximum atomic E-state index is 11.2. The first-order chi connectivity index (χ1) is 6.87. The highest BCUT2D eigenvalue weighted by molar-refractivity contribution is 7.80. The van der Waals surface area contributed by atoms with E-state index in [0.29, 0.717) is 12.8 Å². The van der Waals surface area contributed by atoms with Crippen molar-refractivity contribution in [3.8, 4) is 0 Å². The molecule has 2 bridgehead atoms. The van der Waals surface area contributed by atoms with Crippen molar-refractivity contribution in [3.63, 3.8) is 0 Å². The Morgan fingerprint density at radius 1 is 1.53 bits per heavy atom. The molecule has 15 heavy (non-hydrogen) atoms. The number of hydrogen-bond acceptors (Lipinski definition) is 3. The summed E-state index contributed by atoms with van der Waals surface area (Å²) in [6.07, 6.45) is 0.604. The normalized spacial score (nSPS) is 55.9. The summed E-state index contributed by atoms with van der Waals surface area (Å²) in [7, 11) is 0. The van der Waals surface area contributed by atoms with Gasteiger partial charge in [-0.05, 0) is 24.2 Å². The molecule has 5 heteroatoms. The van der Waals surface area contributed by atoms with Gasteiger partial charge >= 0.3 is 0 Å². The lowest BCUT2D eigenvalue weighted by Gasteiger charge is -2.40. The Morgan fingerprint density at radius 2 is 2.13 bits per heavy atom. The molecule has 4 nitrogen and oxygen atoms in total. The largest absolute Gasteiger partial charge is 0.396 e. The average Bonchev–Trinajstić information content (AvgIpc) is 2.59. The van der Waals surface area contributed by atoms with Gasteiger partial charge in [0.05, 0.1) is 18.0 Å². The van der Waals surface area contributed by atoms with Gasteiger partial charge in [0.25, 0.3) is 0 Å². The van der Waals surface area contributed by atoms with E-state index in [1.807, 2.05) is 13.8 Å². The second-order valence-corrected chi connectivity index (χ2v) is 6.55. The molecule has 0 aromatic rings. The first kappa shape index (κ1) is 11.5. The summed E-state index contributed by atoms with van der Waals surface area (Å²) in [4.78, 5) is 0. The van der Waals surface area contributed by atoms with Gasteiger partial charge in [0, 0.05) is 5.41 Å². The van der Waals surface area contributed by atoms with Crippen LogP contribution in [0.2, 0.25) is 0 Å². The number of aliphatic hydroxyl groups excluding tert-OH is 2. The molecule has 2 aliphatic carbocycles. The molecule has 0 radical (unpaired) electrons. The minimum atomic E-state index is -1.96. The Balaban J connectivity index is 2.42. The predicted octanol–water partition coefficient (Wildman–Crippen LogP) is 0.366. The third-order valence-corrected chi connectivity index (χ3v) is 5.85. The van der Waals surface area contributed by atoms with E-state index in [4.69, 9.17) is 0 Å². The molecule has 0 spiro atoms. The Hall–Kier alpha value is 0.0300. The smallest absolute Gasteiger partial charge is 0.156 e. The summed E-state index contributed by atoms with van der Waals surface area (Å²) in [6.45, 7) is 3.79. The predicted molar refractivity (Wildman–Crippen MR) is 56.6 cm³/mol. The van der Waals surface area contributed by atoms with Crippen LogP contribution < -0.4 is 0 Å². The van der Waals surface area contributed by atoms with Crippen molar-refractivity contribution in [2.24, 2.45) is 16.7 Å². The zero-order valence-corrected chi connectivity index (χ0v) is 9.83. The summed E-state index contributed by atoms with van der Waals surface area (Å²) < 4.78 is 20.5. The summed E-state index contributed by atoms with van der Waals surface area (Å²) in [5.41, 5.74) is -0.862. The van der Waals surface area contributed by atoms with Gasteiger partial charge in [-0.15, -0.1) is 0 Å². The van der Waals surface area contributed by atoms with Crippen LogP contribution in [0.15, 0.2) is 0 Å². The molecule has 2 saturated carbocycles. The van der Waals surface area contributed by atoms with Gasteiger partial charge in [0.15, 0.2) is 11.1 Å². The summed E-state index contributed by atoms with van der Waals surface area (Å²) >= 11 is -1.96. The first-order valence-corrected chi connectivity index (χ1v) is 6.43. The second-order valence-electron chi connectivity index (χ2n) is 5.42. The number of fused-ring (bicyclic) bond motifs is 2. The lowest BCUT2D eigenvalue weighted by Crippen LogP contribution is -2.49. The summed E-state index contributed by atoms with van der Waals surface area (Å²) in [6, 6.07) is 0. The molecule has 0 heterocycles. The van der Waals surface area contributed by atoms with Gasteiger partial charge in [-0.2, -0.15) is 0 Å². The molecule has 6 atom stereocenters. The fourth-order valence-electron chi connectivity index (χ4n) is 3.61. The van der Waals surface area contributed by atoms with Crippen LogP contribution in [0.25, 0.3) is 0 Å². The fraction of sp³-hybridized carbons (Fsp3) is 1.00. The third kappa shape index (κ3) is 1.27. The quantitative estimate of drug-likeness (QED) is 0.603. The fourth-order valence-corrected chi connectivity index (χ4v) is 4.83. The minimum Gasteiger partial charge on any atom is -0.396 e. The van der Waals surface area contributed by atoms with Crippen molar-refractivity contribution in [1.82, 2.24) is 0 Å². The standard InChI is InChI=1S/C10H18O4S/c1-6-8(12)10(5-11)4-9(6,2)3-7(10)15(13)14/h6-8,11-12H,3-5H2,1-2H3,(H,13,14). The van der Waals surface area contributed by atoms with Crippen molar-refractivity contribution < 1.29 is 19.0 Å². The van der Waals surface area contributed by atoms with Crippen LogP contribution in [-0.2, 0) is 11.1 Å². The van der Waals surface area contributed by atoms with Crippen molar-refractivity contribution in [2.45, 2.75) is 38.0 Å². The lowest BCUT2D eigenvalue weighted by atomic mass is 9.73. The van der Waals surface area contributed by atoms with E-state index in [2.05, 4.69) is 0 Å². The molecular formula is C10H18O4S. The second kappa shape index (κ2) is 3.26. The zero-order chi connectivity index (χ0) is 11.4. The van der Waals surface area contributed by atoms with Crippen molar-refractivity contribution >= 4 is 11.1 Å². The van der Waals surface area contributed by atoms with E-state index < -0.39 is 27.8 Å². The molecule has 3 N–H and O–H groups in total. The van der Waals surface area contributed by atoms with E-state index in [9.17, 15) is 19.0 Å². The highest BCUT2D eigenvalue weighted by atomic mass is 32.2. The van der Waals surface area contributed by atoms with Gasteiger partial charge in [-0.25, -0.2) is 4.21 Å². The number of rotatable bonds is 2. The van der Waals surface area contributed by atoms with Gasteiger partial charge in [-0.3, -0.25) is 0 Å². The Bertz CT molecular complexity index is 308. The SMILES string of the molecule is CC1C(O)C2(CO)CC1(C)CC2S(=O)O. The Labute approximate surface area is 92.0 Å². The number of aliphatic hydroxyl groups is 2. The highest BCUT2D eigenvalue weighted by Crippen LogP contribution is 2.64. The van der Waals surface area contributed by atoms with E-state index >= 15 is 0 Å². The Morgan fingerprint density at radius 3 is 2.53 bits per heavy atom. The van der Waals surface area contributed by atoms with Crippen molar-refractivity contribution in [1.29, 1.82) is 0 Å². The molecule has 2 rings (SSSR count). The molecule has 88 valence electrons. The Kier molecular flexibility index (Phi) is 2.50. The van der Waals surface area contributed by atoms with Gasteiger partial charge in [-0.1, -0.05) is 13.8 Å². The van der Waals surface area contributed by atoms with E-state index in [-0.39, 0.29) is 17.9 Å². The monoisotopic (exact) mass is 234 g/mol. The summed E-state index contributed by atoms with van der Waals surface area (Å²) in [5.74, 6) is 0.0875. The summed E-state index contributed by atoms with van der Waals surface area (Å²) in [5, 5.41) is 19.1. The average molecular weight is 234 g/mol. The van der Waals surface area contributed by atoms with Crippen LogP contribution in [0.5, 0.6) is 0 Å². The lowest BCUT2D eigenvalue weighted by molar-refractivity contribution is -0.0305. The first-order valence-electron chi connectivity index (χ1n) is 5.26. The van der Waals surface area contributed by atoms with Crippen LogP contribution in [-0.4, -0.2) is 36.9 Å². The van der Waals surface area contributed by atoms with Gasteiger partial charge in [0.2, 0.25) is 0 Å². The minimum absolute atomic E-state index is 0.0875. The van der Waals surface area contributed by atoms with Crippen molar-refractivity contribution in [2.75, 3.05) is 6.61 Å². The molecule has 0 amide bonds.